The topological polar surface area (TPSA) is 40.5 Å². The van der Waals surface area contributed by atoms with Crippen LogP contribution in [0.25, 0.3) is 0 Å². The summed E-state index contributed by atoms with van der Waals surface area (Å²) < 4.78 is 0. The van der Waals surface area contributed by atoms with E-state index >= 15 is 0 Å². The highest BCUT2D eigenvalue weighted by molar-refractivity contribution is 6.98. The highest BCUT2D eigenvalue weighted by atomic mass is 28.4. The largest absolute Gasteiger partial charge is 0.424 e. The molecular weight excluding hydrogens is 372 g/mol. The van der Waals surface area contributed by atoms with Crippen molar-refractivity contribution in [2.24, 2.45) is 5.92 Å². The second-order valence-electron chi connectivity index (χ2n) is 8.28. The Morgan fingerprint density at radius 1 is 1.00 bits per heavy atom. The van der Waals surface area contributed by atoms with Crippen molar-refractivity contribution in [1.82, 2.24) is 0 Å². The monoisotopic (exact) mass is 404 g/mol. The first-order chi connectivity index (χ1) is 13.8. The highest BCUT2D eigenvalue weighted by Crippen LogP contribution is 2.43. The lowest BCUT2D eigenvalue weighted by Gasteiger charge is -2.43. The summed E-state index contributed by atoms with van der Waals surface area (Å²) in [5.74, 6) is 8.36. The van der Waals surface area contributed by atoms with Crippen LogP contribution in [0.1, 0.15) is 46.5 Å². The maximum atomic E-state index is 12.3. The molecule has 152 valence electrons. The third-order valence-electron chi connectivity index (χ3n) is 5.65. The Labute approximate surface area is 177 Å². The zero-order valence-corrected chi connectivity index (χ0v) is 18.7. The molecule has 0 amide bonds. The van der Waals surface area contributed by atoms with E-state index in [0.717, 1.165) is 29.6 Å². The molecule has 0 aliphatic carbocycles. The number of hydrogen-bond acceptors (Lipinski definition) is 2. The van der Waals surface area contributed by atoms with Crippen LogP contribution in [0, 0.1) is 30.1 Å². The zero-order chi connectivity index (χ0) is 21.3. The number of terminal acetylenes is 1. The molecule has 2 unspecified atom stereocenters. The summed E-state index contributed by atoms with van der Waals surface area (Å²) >= 11 is 0. The summed E-state index contributed by atoms with van der Waals surface area (Å²) in [6, 6.07) is 20.2. The molecular formula is C26H32O2Si. The van der Waals surface area contributed by atoms with Gasteiger partial charge in [0.25, 0.3) is 8.32 Å². The van der Waals surface area contributed by atoms with Crippen molar-refractivity contribution >= 4 is 18.7 Å². The predicted octanol–water partition coefficient (Wildman–Crippen LogP) is 3.71. The molecule has 29 heavy (non-hydrogen) atoms. The molecule has 0 saturated heterocycles. The van der Waals surface area contributed by atoms with Crippen LogP contribution in [-0.2, 0) is 0 Å². The first kappa shape index (κ1) is 23.0. The van der Waals surface area contributed by atoms with Gasteiger partial charge in [-0.1, -0.05) is 106 Å². The molecule has 2 nitrogen and oxygen atoms in total. The third kappa shape index (κ3) is 5.61. The lowest BCUT2D eigenvalue weighted by molar-refractivity contribution is 0.289. The normalized spacial score (nSPS) is 13.7. The maximum absolute atomic E-state index is 12.3. The fourth-order valence-corrected chi connectivity index (χ4v) is 8.03. The summed E-state index contributed by atoms with van der Waals surface area (Å²) in [5, 5.41) is 11.3. The van der Waals surface area contributed by atoms with Crippen molar-refractivity contribution in [3.8, 4) is 24.2 Å². The summed E-state index contributed by atoms with van der Waals surface area (Å²) in [4.78, 5) is 12.3. The van der Waals surface area contributed by atoms with E-state index in [0.29, 0.717) is 12.3 Å². The molecule has 0 aliphatic heterocycles. The van der Waals surface area contributed by atoms with Gasteiger partial charge in [-0.25, -0.2) is 0 Å². The Morgan fingerprint density at radius 2 is 1.52 bits per heavy atom. The van der Waals surface area contributed by atoms with Gasteiger partial charge in [0.1, 0.15) is 0 Å². The van der Waals surface area contributed by atoms with Crippen molar-refractivity contribution < 1.29 is 9.90 Å². The van der Waals surface area contributed by atoms with E-state index in [4.69, 9.17) is 6.42 Å². The van der Waals surface area contributed by atoms with Crippen molar-refractivity contribution in [1.29, 1.82) is 0 Å². The molecule has 0 aliphatic rings. The number of aliphatic hydroxyl groups excluding tert-OH is 1. The molecule has 2 N–H and O–H groups in total. The summed E-state index contributed by atoms with van der Waals surface area (Å²) in [7, 11) is -3.02. The summed E-state index contributed by atoms with van der Waals surface area (Å²) in [6.07, 6.45) is 7.80. The quantitative estimate of drug-likeness (QED) is 0.520. The molecule has 2 rings (SSSR count). The fraction of sp³-hybridized carbons (Fsp3) is 0.385. The number of benzene rings is 2. The van der Waals surface area contributed by atoms with Crippen LogP contribution in [0.3, 0.4) is 0 Å². The van der Waals surface area contributed by atoms with Crippen LogP contribution < -0.4 is 10.4 Å². The highest BCUT2D eigenvalue weighted by Gasteiger charge is 2.50. The van der Waals surface area contributed by atoms with Crippen molar-refractivity contribution in [3.05, 3.63) is 60.7 Å². The van der Waals surface area contributed by atoms with Crippen LogP contribution in [0.15, 0.2) is 60.7 Å². The van der Waals surface area contributed by atoms with E-state index in [2.05, 4.69) is 62.8 Å². The van der Waals surface area contributed by atoms with Crippen LogP contribution >= 0.6 is 0 Å². The van der Waals surface area contributed by atoms with E-state index in [1.807, 2.05) is 36.4 Å². The van der Waals surface area contributed by atoms with E-state index in [-0.39, 0.29) is 5.04 Å². The predicted molar refractivity (Wildman–Crippen MR) is 124 cm³/mol. The van der Waals surface area contributed by atoms with Crippen molar-refractivity contribution in [3.63, 3.8) is 0 Å². The van der Waals surface area contributed by atoms with Gasteiger partial charge in [-0.05, 0) is 34.2 Å². The molecule has 3 heteroatoms. The second-order valence-corrected chi connectivity index (χ2v) is 12.2. The molecule has 2 atom stereocenters. The second kappa shape index (κ2) is 10.5. The van der Waals surface area contributed by atoms with Crippen molar-refractivity contribution in [2.45, 2.75) is 57.6 Å². The minimum absolute atomic E-state index is 0.304. The van der Waals surface area contributed by atoms with Gasteiger partial charge in [0.15, 0.2) is 6.10 Å². The molecule has 0 radical (unpaired) electrons. The first-order valence-electron chi connectivity index (χ1n) is 10.3. The van der Waals surface area contributed by atoms with Crippen LogP contribution in [-0.4, -0.2) is 24.3 Å². The lowest BCUT2D eigenvalue weighted by atomic mass is 9.90. The van der Waals surface area contributed by atoms with Gasteiger partial charge in [-0.15, -0.1) is 6.42 Å². The number of hydrogen-bond donors (Lipinski definition) is 2. The zero-order valence-electron chi connectivity index (χ0n) is 17.7. The van der Waals surface area contributed by atoms with Gasteiger partial charge >= 0.3 is 0 Å². The van der Waals surface area contributed by atoms with Gasteiger partial charge < -0.3 is 9.90 Å². The van der Waals surface area contributed by atoms with Gasteiger partial charge in [0.2, 0.25) is 0 Å². The van der Waals surface area contributed by atoms with Crippen LogP contribution in [0.2, 0.25) is 5.04 Å². The van der Waals surface area contributed by atoms with E-state index < -0.39 is 14.4 Å². The SMILES string of the molecule is C#CC(O)C#CCC(CCC)CC(C)(C)[Si](O)(c1ccccc1)c1ccccc1. The Hall–Kier alpha value is -2.30. The molecule has 0 heterocycles. The van der Waals surface area contributed by atoms with Gasteiger partial charge in [0.05, 0.1) is 0 Å². The van der Waals surface area contributed by atoms with Crippen LogP contribution in [0.5, 0.6) is 0 Å². The Bertz CT molecular complexity index is 817. The molecule has 0 saturated carbocycles. The van der Waals surface area contributed by atoms with E-state index in [1.54, 1.807) is 0 Å². The van der Waals surface area contributed by atoms with Crippen molar-refractivity contribution in [2.75, 3.05) is 0 Å². The molecule has 0 bridgehead atoms. The summed E-state index contributed by atoms with van der Waals surface area (Å²) in [5.41, 5.74) is 0. The average molecular weight is 405 g/mol. The smallest absolute Gasteiger partial charge is 0.258 e. The minimum atomic E-state index is -3.02. The molecule has 2 aromatic carbocycles. The van der Waals surface area contributed by atoms with Gasteiger partial charge in [-0.2, -0.15) is 0 Å². The van der Waals surface area contributed by atoms with Gasteiger partial charge in [0, 0.05) is 6.42 Å². The molecule has 2 aromatic rings. The van der Waals surface area contributed by atoms with Gasteiger partial charge in [-0.3, -0.25) is 0 Å². The first-order valence-corrected chi connectivity index (χ1v) is 12.3. The Balaban J connectivity index is 2.40. The van der Waals surface area contributed by atoms with Crippen LogP contribution in [0.4, 0.5) is 0 Å². The number of rotatable bonds is 8. The number of aliphatic hydroxyl groups is 1. The molecule has 0 fully saturated rings. The standard InChI is InChI=1S/C26H32O2Si/c1-5-14-22(15-13-16-23(27)6-2)21-26(3,4)29(28,24-17-9-7-10-18-24)25-19-11-8-12-20-25/h2,7-12,17-20,22-23,27-28H,5,14-15,21H2,1,3-4H3. The fourth-order valence-electron chi connectivity index (χ4n) is 4.20. The molecule has 0 spiro atoms. The minimum Gasteiger partial charge on any atom is -0.424 e. The molecule has 0 aromatic heterocycles. The Kier molecular flexibility index (Phi) is 8.29. The lowest BCUT2D eigenvalue weighted by Crippen LogP contribution is -2.65. The average Bonchev–Trinajstić information content (AvgIpc) is 2.74. The van der Waals surface area contributed by atoms with E-state index in [1.165, 1.54) is 0 Å². The maximum Gasteiger partial charge on any atom is 0.258 e. The third-order valence-corrected chi connectivity index (χ3v) is 10.1. The Morgan fingerprint density at radius 3 is 1.97 bits per heavy atom. The van der Waals surface area contributed by atoms with E-state index in [9.17, 15) is 9.90 Å². The summed E-state index contributed by atoms with van der Waals surface area (Å²) in [6.45, 7) is 6.54.